The monoisotopic (exact) mass is 954 g/mol. The minimum atomic E-state index is -1.53. The summed E-state index contributed by atoms with van der Waals surface area (Å²) < 4.78 is 15.7. The number of halogens is 1. The maximum Gasteiger partial charge on any atom is 0.492 e. The van der Waals surface area contributed by atoms with Crippen LogP contribution in [0, 0.1) is 0 Å². The lowest BCUT2D eigenvalue weighted by molar-refractivity contribution is 0.0516. The van der Waals surface area contributed by atoms with E-state index in [2.05, 4.69) is 80.0 Å². The van der Waals surface area contributed by atoms with E-state index >= 15 is 0 Å². The molecular weight excluding hydrogens is 891 g/mol. The van der Waals surface area contributed by atoms with E-state index in [4.69, 9.17) is 23.9 Å². The molecule has 0 unspecified atom stereocenters. The smallest absolute Gasteiger partial charge is 0.492 e. The zero-order valence-corrected chi connectivity index (χ0v) is 41.0. The summed E-state index contributed by atoms with van der Waals surface area (Å²) in [5, 5.41) is 29.7. The Hall–Kier alpha value is -5.78. The number of Topliss-reactive ketones (excluding diaryl/α,β-unsaturated/α-hetero) is 1. The van der Waals surface area contributed by atoms with Gasteiger partial charge in [-0.05, 0) is 119 Å². The highest BCUT2D eigenvalue weighted by Gasteiger charge is 2.17. The van der Waals surface area contributed by atoms with Crippen LogP contribution in [0.3, 0.4) is 0 Å². The molecule has 0 bridgehead atoms. The van der Waals surface area contributed by atoms with E-state index in [-0.39, 0.29) is 23.8 Å². The first kappa shape index (κ1) is 52.8. The maximum absolute atomic E-state index is 12.6. The number of aromatic hydroxyl groups is 1. The third-order valence-electron chi connectivity index (χ3n) is 11.2. The highest BCUT2D eigenvalue weighted by atomic mass is 79.9. The molecule has 0 radical (unpaired) electrons. The summed E-state index contributed by atoms with van der Waals surface area (Å²) in [5.41, 5.74) is 12.5. The average Bonchev–Trinajstić information content (AvgIpc) is 3.36. The lowest BCUT2D eigenvalue weighted by Gasteiger charge is -2.11. The zero-order chi connectivity index (χ0) is 48.0. The van der Waals surface area contributed by atoms with Crippen LogP contribution >= 0.6 is 15.9 Å². The molecule has 0 spiro atoms. The van der Waals surface area contributed by atoms with Gasteiger partial charge in [-0.25, -0.2) is 0 Å². The van der Waals surface area contributed by atoms with Gasteiger partial charge in [-0.3, -0.25) is 9.59 Å². The fourth-order valence-electron chi connectivity index (χ4n) is 6.84. The Morgan fingerprint density at radius 2 is 1.08 bits per heavy atom. The van der Waals surface area contributed by atoms with Crippen LogP contribution in [0.25, 0.3) is 22.1 Å². The number of benzene rings is 6. The van der Waals surface area contributed by atoms with E-state index in [0.717, 1.165) is 66.1 Å². The second kappa shape index (κ2) is 27.6. The fraction of sp³-hybridized carbons (Fsp3) is 0.286. The Morgan fingerprint density at radius 1 is 0.606 bits per heavy atom. The molecule has 0 fully saturated rings. The quantitative estimate of drug-likeness (QED) is 0.0401. The summed E-state index contributed by atoms with van der Waals surface area (Å²) in [7, 11) is -0.0126. The molecule has 7 aromatic rings. The van der Waals surface area contributed by atoms with Crippen LogP contribution < -0.4 is 15.6 Å². The number of carbonyl (C=O) groups is 1. The van der Waals surface area contributed by atoms with E-state index in [1.807, 2.05) is 80.6 Å². The molecule has 1 aromatic heterocycles. The summed E-state index contributed by atoms with van der Waals surface area (Å²) in [4.78, 5) is 24.9. The second-order valence-corrected chi connectivity index (χ2v) is 16.2. The van der Waals surface area contributed by atoms with Crippen molar-refractivity contribution in [2.45, 2.75) is 91.8 Å². The van der Waals surface area contributed by atoms with Crippen molar-refractivity contribution in [1.29, 1.82) is 0 Å². The van der Waals surface area contributed by atoms with Crippen molar-refractivity contribution in [3.05, 3.63) is 194 Å². The first-order chi connectivity index (χ1) is 31.9. The third-order valence-corrected chi connectivity index (χ3v) is 11.8. The minimum Gasteiger partial charge on any atom is -0.507 e. The maximum atomic E-state index is 12.6. The summed E-state index contributed by atoms with van der Waals surface area (Å²) in [5.74, 6) is 0.486. The summed E-state index contributed by atoms with van der Waals surface area (Å²) in [6, 6.07) is 41.2. The molecule has 0 amide bonds. The number of methoxy groups -OCH3 is 1. The molecule has 3 N–H and O–H groups in total. The predicted octanol–water partition coefficient (Wildman–Crippen LogP) is 11.6. The number of carbonyl (C=O) groups excluding carboxylic acids is 1. The zero-order valence-electron chi connectivity index (χ0n) is 39.4. The van der Waals surface area contributed by atoms with Gasteiger partial charge in [0.15, 0.2) is 18.0 Å². The molecule has 0 atom stereocenters. The van der Waals surface area contributed by atoms with E-state index < -0.39 is 7.12 Å². The van der Waals surface area contributed by atoms with Gasteiger partial charge in [-0.15, -0.1) is 0 Å². The number of phenolic OH excluding ortho intramolecular Hbond substituents is 1. The number of alkyl halides is 1. The summed E-state index contributed by atoms with van der Waals surface area (Å²) in [6.45, 7) is 12.6. The Labute approximate surface area is 399 Å². The molecule has 346 valence electrons. The molecular formula is C56H64BBrO8. The molecule has 10 heteroatoms. The molecule has 7 rings (SSSR count). The summed E-state index contributed by atoms with van der Waals surface area (Å²) >= 11 is 3.40. The Kier molecular flexibility index (Phi) is 22.1. The second-order valence-electron chi connectivity index (χ2n) is 15.6. The molecule has 1 heterocycles. The number of ketones is 1. The standard InChI is InChI=1S/C19H18O2.C18H20O2.C10H15BO4.C9H11Br/c1-3-13-5-8-15(9-6-13)17-12-21-18-11-14(4-2)7-10-16(18)19(17)20;1-3-13-5-7-15(8-6-13)12-18(20)16-10-9-14(4-2)11-17(16)19;1-3-8-4-5-9(11(12)13)10(6-8)15-7-14-2;1-2-8-3-5-9(7-10)6-4-8/h5-12H,3-4H2,1-2H3;5-11,19H,3-4,12H2,1-2H3;4-6,12-13H,3,7H2,1-2H3;3-6H,2,7H2,1H3. The van der Waals surface area contributed by atoms with Crippen LogP contribution in [0.5, 0.6) is 11.5 Å². The lowest BCUT2D eigenvalue weighted by atomic mass is 9.79. The number of fused-ring (bicyclic) bond motifs is 1. The average molecular weight is 956 g/mol. The number of phenols is 1. The van der Waals surface area contributed by atoms with E-state index in [1.165, 1.54) is 34.9 Å². The summed E-state index contributed by atoms with van der Waals surface area (Å²) in [6.07, 6.45) is 7.65. The van der Waals surface area contributed by atoms with E-state index in [9.17, 15) is 14.7 Å². The van der Waals surface area contributed by atoms with E-state index in [1.54, 1.807) is 30.5 Å². The first-order valence-corrected chi connectivity index (χ1v) is 23.8. The molecule has 0 aliphatic heterocycles. The number of aryl methyl sites for hydroxylation is 6. The molecule has 8 nitrogen and oxygen atoms in total. The molecule has 66 heavy (non-hydrogen) atoms. The normalized spacial score (nSPS) is 10.5. The van der Waals surface area contributed by atoms with Crippen molar-refractivity contribution in [1.82, 2.24) is 0 Å². The molecule has 0 saturated heterocycles. The minimum absolute atomic E-state index is 0.0307. The highest BCUT2D eigenvalue weighted by molar-refractivity contribution is 9.08. The third kappa shape index (κ3) is 15.7. The van der Waals surface area contributed by atoms with Gasteiger partial charge in [-0.1, -0.05) is 155 Å². The largest absolute Gasteiger partial charge is 0.507 e. The van der Waals surface area contributed by atoms with Gasteiger partial charge in [0.05, 0.1) is 16.5 Å². The number of rotatable bonds is 15. The van der Waals surface area contributed by atoms with Crippen molar-refractivity contribution >= 4 is 45.3 Å². The molecule has 0 saturated carbocycles. The van der Waals surface area contributed by atoms with Crippen LogP contribution in [-0.4, -0.2) is 42.0 Å². The van der Waals surface area contributed by atoms with Gasteiger partial charge in [0.1, 0.15) is 23.3 Å². The van der Waals surface area contributed by atoms with Crippen LogP contribution in [-0.2, 0) is 55.0 Å². The van der Waals surface area contributed by atoms with Gasteiger partial charge in [0.25, 0.3) is 0 Å². The van der Waals surface area contributed by atoms with Crippen molar-refractivity contribution in [2.75, 3.05) is 13.9 Å². The van der Waals surface area contributed by atoms with Gasteiger partial charge in [-0.2, -0.15) is 0 Å². The van der Waals surface area contributed by atoms with Gasteiger partial charge < -0.3 is 29.0 Å². The number of hydrogen-bond donors (Lipinski definition) is 3. The predicted molar refractivity (Wildman–Crippen MR) is 275 cm³/mol. The number of hydrogen-bond acceptors (Lipinski definition) is 8. The van der Waals surface area contributed by atoms with Crippen molar-refractivity contribution in [2.24, 2.45) is 0 Å². The lowest BCUT2D eigenvalue weighted by Crippen LogP contribution is -2.31. The van der Waals surface area contributed by atoms with Crippen LogP contribution in [0.15, 0.2) is 143 Å². The fourth-order valence-corrected chi connectivity index (χ4v) is 7.22. The van der Waals surface area contributed by atoms with Crippen LogP contribution in [0.1, 0.15) is 96.4 Å². The first-order valence-electron chi connectivity index (χ1n) is 22.7. The number of ether oxygens (including phenoxy) is 2. The van der Waals surface area contributed by atoms with Crippen molar-refractivity contribution < 1.29 is 33.8 Å². The molecule has 6 aromatic carbocycles. The van der Waals surface area contributed by atoms with Crippen LogP contribution in [0.2, 0.25) is 0 Å². The van der Waals surface area contributed by atoms with Gasteiger partial charge in [0.2, 0.25) is 0 Å². The molecule has 0 aliphatic rings. The van der Waals surface area contributed by atoms with Gasteiger partial charge >= 0.3 is 7.12 Å². The highest BCUT2D eigenvalue weighted by Crippen LogP contribution is 2.23. The molecule has 0 aliphatic carbocycles. The Morgan fingerprint density at radius 3 is 1.59 bits per heavy atom. The Balaban J connectivity index is 0.000000199. The SMILES string of the molecule is CCc1ccc(-c2coc3cc(CC)ccc3c2=O)cc1.CCc1ccc(B(O)O)c(OCOC)c1.CCc1ccc(CBr)cc1.CCc1ccc(CC(=O)c2ccc(CC)cc2O)cc1. The Bertz CT molecular complexity index is 2600. The van der Waals surface area contributed by atoms with E-state index in [0.29, 0.717) is 39.7 Å². The van der Waals surface area contributed by atoms with Crippen LogP contribution in [0.4, 0.5) is 0 Å². The van der Waals surface area contributed by atoms with Crippen molar-refractivity contribution in [3.8, 4) is 22.6 Å². The van der Waals surface area contributed by atoms with Crippen molar-refractivity contribution in [3.63, 3.8) is 0 Å². The van der Waals surface area contributed by atoms with Gasteiger partial charge in [0, 0.05) is 24.3 Å². The topological polar surface area (TPSA) is 126 Å².